The second-order valence-corrected chi connectivity index (χ2v) is 5.04. The number of hydrogen-bond donors (Lipinski definition) is 2. The number of ether oxygens (including phenoxy) is 1. The molecule has 20 heavy (non-hydrogen) atoms. The number of hydrogen-bond acceptors (Lipinski definition) is 3. The zero-order chi connectivity index (χ0) is 14.4. The number of aromatic hydroxyl groups is 1. The zero-order valence-corrected chi connectivity index (χ0v) is 12.0. The molecule has 3 heteroatoms. The molecule has 0 fully saturated rings. The highest BCUT2D eigenvalue weighted by Gasteiger charge is 2.06. The van der Waals surface area contributed by atoms with Crippen molar-refractivity contribution in [1.82, 2.24) is 5.32 Å². The lowest BCUT2D eigenvalue weighted by atomic mass is 10.0. The van der Waals surface area contributed by atoms with Gasteiger partial charge in [-0.15, -0.1) is 0 Å². The monoisotopic (exact) mass is 271 g/mol. The summed E-state index contributed by atoms with van der Waals surface area (Å²) in [5.41, 5.74) is 2.26. The fourth-order valence-corrected chi connectivity index (χ4v) is 2.08. The second kappa shape index (κ2) is 6.96. The Kier molecular flexibility index (Phi) is 5.02. The number of benzene rings is 2. The molecule has 2 aromatic carbocycles. The topological polar surface area (TPSA) is 41.5 Å². The minimum Gasteiger partial charge on any atom is -0.508 e. The van der Waals surface area contributed by atoms with Crippen LogP contribution >= 0.6 is 0 Å². The van der Waals surface area contributed by atoms with Crippen LogP contribution in [0.15, 0.2) is 48.5 Å². The summed E-state index contributed by atoms with van der Waals surface area (Å²) in [6.07, 6.45) is 0. The third-order valence-electron chi connectivity index (χ3n) is 3.18. The standard InChI is InChI=1S/C9H12O.C8H9NO/c1-7(2)8-5-3-4-6-9(8)10;1-2-4-8-7(3-1)5-9-6-10-8/h3-7,10H,1-2H3;1-4,9H,5-6H2. The molecule has 106 valence electrons. The molecule has 0 saturated heterocycles. The molecule has 0 unspecified atom stereocenters. The molecule has 0 atom stereocenters. The average Bonchev–Trinajstić information content (AvgIpc) is 2.48. The van der Waals surface area contributed by atoms with Gasteiger partial charge in [0.25, 0.3) is 0 Å². The summed E-state index contributed by atoms with van der Waals surface area (Å²) in [6, 6.07) is 15.5. The van der Waals surface area contributed by atoms with Crippen molar-refractivity contribution in [2.45, 2.75) is 26.3 Å². The van der Waals surface area contributed by atoms with Crippen molar-refractivity contribution in [3.8, 4) is 11.5 Å². The summed E-state index contributed by atoms with van der Waals surface area (Å²) in [4.78, 5) is 0. The van der Waals surface area contributed by atoms with Crippen LogP contribution in [0.5, 0.6) is 11.5 Å². The van der Waals surface area contributed by atoms with Crippen LogP contribution in [0.25, 0.3) is 0 Å². The largest absolute Gasteiger partial charge is 0.508 e. The molecule has 2 N–H and O–H groups in total. The zero-order valence-electron chi connectivity index (χ0n) is 12.0. The Morgan fingerprint density at radius 1 is 1.05 bits per heavy atom. The average molecular weight is 271 g/mol. The number of rotatable bonds is 1. The maximum absolute atomic E-state index is 9.28. The summed E-state index contributed by atoms with van der Waals surface area (Å²) in [5, 5.41) is 12.4. The van der Waals surface area contributed by atoms with Crippen LogP contribution in [0.4, 0.5) is 0 Å². The van der Waals surface area contributed by atoms with E-state index in [1.54, 1.807) is 6.07 Å². The van der Waals surface area contributed by atoms with E-state index in [-0.39, 0.29) is 0 Å². The van der Waals surface area contributed by atoms with Crippen molar-refractivity contribution in [2.24, 2.45) is 0 Å². The molecule has 0 radical (unpaired) electrons. The van der Waals surface area contributed by atoms with Gasteiger partial charge in [0.1, 0.15) is 18.2 Å². The van der Waals surface area contributed by atoms with Gasteiger partial charge in [-0.2, -0.15) is 0 Å². The van der Waals surface area contributed by atoms with E-state index in [0.717, 1.165) is 17.9 Å². The van der Waals surface area contributed by atoms with Crippen LogP contribution in [0.3, 0.4) is 0 Å². The van der Waals surface area contributed by atoms with Gasteiger partial charge in [-0.1, -0.05) is 50.2 Å². The lowest BCUT2D eigenvalue weighted by Crippen LogP contribution is -2.24. The molecule has 0 aliphatic carbocycles. The highest BCUT2D eigenvalue weighted by molar-refractivity contribution is 5.34. The first-order chi connectivity index (χ1) is 9.68. The van der Waals surface area contributed by atoms with Gasteiger partial charge >= 0.3 is 0 Å². The number of para-hydroxylation sites is 2. The first-order valence-electron chi connectivity index (χ1n) is 6.88. The van der Waals surface area contributed by atoms with Crippen LogP contribution < -0.4 is 10.1 Å². The highest BCUT2D eigenvalue weighted by Crippen LogP contribution is 2.23. The van der Waals surface area contributed by atoms with Gasteiger partial charge in [0, 0.05) is 12.1 Å². The molecular formula is C17H21NO2. The number of phenolic OH excluding ortho intramolecular Hbond substituents is 1. The Hall–Kier alpha value is -2.00. The van der Waals surface area contributed by atoms with E-state index in [0.29, 0.717) is 18.4 Å². The predicted molar refractivity (Wildman–Crippen MR) is 81.0 cm³/mol. The van der Waals surface area contributed by atoms with Crippen LogP contribution in [-0.4, -0.2) is 11.8 Å². The first-order valence-corrected chi connectivity index (χ1v) is 6.88. The van der Waals surface area contributed by atoms with E-state index >= 15 is 0 Å². The van der Waals surface area contributed by atoms with Crippen molar-refractivity contribution >= 4 is 0 Å². The van der Waals surface area contributed by atoms with Crippen LogP contribution in [0, 0.1) is 0 Å². The third kappa shape index (κ3) is 3.75. The Bertz CT molecular complexity index is 527. The van der Waals surface area contributed by atoms with Gasteiger partial charge in [-0.25, -0.2) is 0 Å². The van der Waals surface area contributed by atoms with Crippen LogP contribution in [0.1, 0.15) is 30.9 Å². The van der Waals surface area contributed by atoms with Crippen LogP contribution in [-0.2, 0) is 6.54 Å². The molecular weight excluding hydrogens is 250 g/mol. The maximum atomic E-state index is 9.28. The molecule has 0 amide bonds. The quantitative estimate of drug-likeness (QED) is 0.832. The minimum atomic E-state index is 0.400. The molecule has 0 aromatic heterocycles. The summed E-state index contributed by atoms with van der Waals surface area (Å²) in [5.74, 6) is 1.82. The van der Waals surface area contributed by atoms with E-state index < -0.39 is 0 Å². The fourth-order valence-electron chi connectivity index (χ4n) is 2.08. The van der Waals surface area contributed by atoms with Gasteiger partial charge < -0.3 is 9.84 Å². The van der Waals surface area contributed by atoms with E-state index in [9.17, 15) is 5.11 Å². The summed E-state index contributed by atoms with van der Waals surface area (Å²) in [6.45, 7) is 5.69. The van der Waals surface area contributed by atoms with Gasteiger partial charge in [-0.3, -0.25) is 5.32 Å². The van der Waals surface area contributed by atoms with E-state index in [1.807, 2.05) is 36.4 Å². The van der Waals surface area contributed by atoms with Crippen molar-refractivity contribution in [1.29, 1.82) is 0 Å². The Balaban J connectivity index is 0.000000147. The first kappa shape index (κ1) is 14.4. The smallest absolute Gasteiger partial charge is 0.139 e. The molecule has 1 aliphatic heterocycles. The van der Waals surface area contributed by atoms with E-state index in [4.69, 9.17) is 4.74 Å². The number of fused-ring (bicyclic) bond motifs is 1. The molecule has 3 nitrogen and oxygen atoms in total. The lowest BCUT2D eigenvalue weighted by molar-refractivity contribution is 0.257. The van der Waals surface area contributed by atoms with Crippen molar-refractivity contribution < 1.29 is 9.84 Å². The number of nitrogens with one attached hydrogen (secondary N) is 1. The Morgan fingerprint density at radius 2 is 1.75 bits per heavy atom. The molecule has 0 spiro atoms. The summed E-state index contributed by atoms with van der Waals surface area (Å²) >= 11 is 0. The van der Waals surface area contributed by atoms with Gasteiger partial charge in [-0.05, 0) is 23.6 Å². The Labute approximate surface area is 120 Å². The van der Waals surface area contributed by atoms with E-state index in [2.05, 4.69) is 25.2 Å². The molecule has 1 aliphatic rings. The van der Waals surface area contributed by atoms with E-state index in [1.165, 1.54) is 5.56 Å². The molecule has 1 heterocycles. The van der Waals surface area contributed by atoms with Gasteiger partial charge in [0.2, 0.25) is 0 Å². The Morgan fingerprint density at radius 3 is 2.40 bits per heavy atom. The normalized spacial score (nSPS) is 12.9. The van der Waals surface area contributed by atoms with Gasteiger partial charge in [0.15, 0.2) is 0 Å². The molecule has 2 aromatic rings. The van der Waals surface area contributed by atoms with Crippen LogP contribution in [0.2, 0.25) is 0 Å². The van der Waals surface area contributed by atoms with Crippen molar-refractivity contribution in [3.63, 3.8) is 0 Å². The highest BCUT2D eigenvalue weighted by atomic mass is 16.5. The number of phenols is 1. The lowest BCUT2D eigenvalue weighted by Gasteiger charge is -2.17. The van der Waals surface area contributed by atoms with Gasteiger partial charge in [0.05, 0.1) is 0 Å². The summed E-state index contributed by atoms with van der Waals surface area (Å²) in [7, 11) is 0. The fraction of sp³-hybridized carbons (Fsp3) is 0.294. The van der Waals surface area contributed by atoms with Crippen molar-refractivity contribution in [3.05, 3.63) is 59.7 Å². The van der Waals surface area contributed by atoms with Crippen molar-refractivity contribution in [2.75, 3.05) is 6.73 Å². The molecule has 3 rings (SSSR count). The molecule has 0 bridgehead atoms. The predicted octanol–water partition coefficient (Wildman–Crippen LogP) is 3.64. The summed E-state index contributed by atoms with van der Waals surface area (Å²) < 4.78 is 5.31. The maximum Gasteiger partial charge on any atom is 0.139 e. The SMILES string of the molecule is CC(C)c1ccccc1O.c1ccc2c(c1)CNCO2. The second-order valence-electron chi connectivity index (χ2n) is 5.04. The third-order valence-corrected chi connectivity index (χ3v) is 3.18. The minimum absolute atomic E-state index is 0.400. The molecule has 0 saturated carbocycles.